The van der Waals surface area contributed by atoms with Gasteiger partial charge in [0.05, 0.1) is 30.0 Å². The van der Waals surface area contributed by atoms with Crippen LogP contribution in [-0.2, 0) is 13.5 Å². The number of hydrogen-bond donors (Lipinski definition) is 0. The predicted molar refractivity (Wildman–Crippen MR) is 120 cm³/mol. The zero-order valence-electron chi connectivity index (χ0n) is 18.2. The van der Waals surface area contributed by atoms with Gasteiger partial charge in [-0.15, -0.1) is 0 Å². The maximum absolute atomic E-state index is 13.1. The van der Waals surface area contributed by atoms with Crippen molar-refractivity contribution in [3.05, 3.63) is 46.3 Å². The molecular formula is C23H28N2O4S. The standard InChI is InChI=1S/C23H28N2O4S/c1-6-15-11-10-12-19-20(15)25(5)23(30-19)24-22(26)16-13-17(27-7-2)21(29-9-4)18(14-16)28-8-3/h10-14H,6-9H2,1-5H3. The van der Waals surface area contributed by atoms with Crippen molar-refractivity contribution in [3.8, 4) is 17.2 Å². The van der Waals surface area contributed by atoms with Gasteiger partial charge in [0.15, 0.2) is 16.3 Å². The van der Waals surface area contributed by atoms with Gasteiger partial charge in [-0.1, -0.05) is 30.4 Å². The molecule has 6 nitrogen and oxygen atoms in total. The van der Waals surface area contributed by atoms with E-state index in [9.17, 15) is 4.79 Å². The van der Waals surface area contributed by atoms with Crippen molar-refractivity contribution in [2.75, 3.05) is 19.8 Å². The van der Waals surface area contributed by atoms with E-state index in [4.69, 9.17) is 14.2 Å². The molecule has 1 heterocycles. The lowest BCUT2D eigenvalue weighted by Crippen LogP contribution is -2.14. The predicted octanol–water partition coefficient (Wildman–Crippen LogP) is 4.74. The van der Waals surface area contributed by atoms with Crippen LogP contribution < -0.4 is 19.0 Å². The molecule has 160 valence electrons. The number of carbonyl (C=O) groups is 1. The van der Waals surface area contributed by atoms with Crippen LogP contribution in [0.3, 0.4) is 0 Å². The molecule has 0 aliphatic carbocycles. The third-order valence-electron chi connectivity index (χ3n) is 4.64. The first-order chi connectivity index (χ1) is 14.5. The van der Waals surface area contributed by atoms with E-state index in [0.29, 0.717) is 47.4 Å². The lowest BCUT2D eigenvalue weighted by molar-refractivity contribution is 0.0997. The number of ether oxygens (including phenoxy) is 3. The van der Waals surface area contributed by atoms with Gasteiger partial charge in [0, 0.05) is 12.6 Å². The van der Waals surface area contributed by atoms with Crippen LogP contribution in [0.5, 0.6) is 17.2 Å². The fourth-order valence-corrected chi connectivity index (χ4v) is 4.40. The van der Waals surface area contributed by atoms with Crippen molar-refractivity contribution in [1.29, 1.82) is 0 Å². The molecule has 3 rings (SSSR count). The summed E-state index contributed by atoms with van der Waals surface area (Å²) in [7, 11) is 1.94. The van der Waals surface area contributed by atoms with E-state index >= 15 is 0 Å². The van der Waals surface area contributed by atoms with Crippen LogP contribution in [0, 0.1) is 0 Å². The Kier molecular flexibility index (Phi) is 7.15. The Morgan fingerprint density at radius 2 is 1.63 bits per heavy atom. The molecule has 30 heavy (non-hydrogen) atoms. The number of thiazole rings is 1. The second kappa shape index (κ2) is 9.80. The molecule has 3 aromatic rings. The topological polar surface area (TPSA) is 62.0 Å². The Morgan fingerprint density at radius 3 is 2.20 bits per heavy atom. The van der Waals surface area contributed by atoms with Crippen LogP contribution in [0.1, 0.15) is 43.6 Å². The molecule has 0 saturated heterocycles. The molecule has 0 atom stereocenters. The number of hydrogen-bond acceptors (Lipinski definition) is 5. The summed E-state index contributed by atoms with van der Waals surface area (Å²) < 4.78 is 20.2. The summed E-state index contributed by atoms with van der Waals surface area (Å²) in [5.41, 5.74) is 2.75. The van der Waals surface area contributed by atoms with E-state index < -0.39 is 0 Å². The minimum absolute atomic E-state index is 0.347. The first-order valence-electron chi connectivity index (χ1n) is 10.3. The number of aromatic nitrogens is 1. The lowest BCUT2D eigenvalue weighted by atomic mass is 10.1. The average molecular weight is 429 g/mol. The second-order valence-corrected chi connectivity index (χ2v) is 7.59. The van der Waals surface area contributed by atoms with Gasteiger partial charge in [-0.2, -0.15) is 4.99 Å². The fourth-order valence-electron chi connectivity index (χ4n) is 3.34. The van der Waals surface area contributed by atoms with E-state index in [2.05, 4.69) is 24.0 Å². The summed E-state index contributed by atoms with van der Waals surface area (Å²) in [4.78, 5) is 18.1. The molecule has 1 amide bonds. The van der Waals surface area contributed by atoms with Crippen LogP contribution in [0.25, 0.3) is 10.2 Å². The van der Waals surface area contributed by atoms with E-state index in [-0.39, 0.29) is 5.91 Å². The highest BCUT2D eigenvalue weighted by Gasteiger charge is 2.18. The van der Waals surface area contributed by atoms with Crippen molar-refractivity contribution in [2.45, 2.75) is 34.1 Å². The Bertz CT molecular complexity index is 1090. The van der Waals surface area contributed by atoms with Gasteiger partial charge in [-0.3, -0.25) is 4.79 Å². The van der Waals surface area contributed by atoms with Crippen LogP contribution in [-0.4, -0.2) is 30.3 Å². The minimum atomic E-state index is -0.347. The first kappa shape index (κ1) is 21.9. The number of benzene rings is 2. The number of rotatable bonds is 8. The van der Waals surface area contributed by atoms with Crippen LogP contribution >= 0.6 is 11.3 Å². The Hall–Kier alpha value is -2.80. The highest BCUT2D eigenvalue weighted by molar-refractivity contribution is 7.16. The normalized spacial score (nSPS) is 11.7. The van der Waals surface area contributed by atoms with Gasteiger partial charge in [0.2, 0.25) is 5.75 Å². The molecule has 7 heteroatoms. The summed E-state index contributed by atoms with van der Waals surface area (Å²) in [5, 5.41) is 0. The van der Waals surface area contributed by atoms with Crippen LogP contribution in [0.4, 0.5) is 0 Å². The Morgan fingerprint density at radius 1 is 1.00 bits per heavy atom. The number of aryl methyl sites for hydroxylation is 2. The zero-order chi connectivity index (χ0) is 21.7. The van der Waals surface area contributed by atoms with E-state index in [0.717, 1.165) is 16.6 Å². The van der Waals surface area contributed by atoms with Crippen LogP contribution in [0.2, 0.25) is 0 Å². The van der Waals surface area contributed by atoms with Crippen molar-refractivity contribution in [3.63, 3.8) is 0 Å². The summed E-state index contributed by atoms with van der Waals surface area (Å²) in [6.45, 7) is 9.16. The largest absolute Gasteiger partial charge is 0.490 e. The summed E-state index contributed by atoms with van der Waals surface area (Å²) in [5.74, 6) is 1.13. The summed E-state index contributed by atoms with van der Waals surface area (Å²) in [6, 6.07) is 9.55. The number of nitrogens with zero attached hydrogens (tertiary/aromatic N) is 2. The first-order valence-corrected chi connectivity index (χ1v) is 11.1. The van der Waals surface area contributed by atoms with Crippen molar-refractivity contribution < 1.29 is 19.0 Å². The number of para-hydroxylation sites is 1. The highest BCUT2D eigenvalue weighted by atomic mass is 32.1. The monoisotopic (exact) mass is 428 g/mol. The molecule has 0 fully saturated rings. The zero-order valence-corrected chi connectivity index (χ0v) is 19.0. The SMILES string of the molecule is CCOc1cc(C(=O)N=c2sc3cccc(CC)c3n2C)cc(OCC)c1OCC. The van der Waals surface area contributed by atoms with Crippen LogP contribution in [0.15, 0.2) is 35.3 Å². The highest BCUT2D eigenvalue weighted by Crippen LogP contribution is 2.39. The van der Waals surface area contributed by atoms with Gasteiger partial charge in [-0.25, -0.2) is 0 Å². The fraction of sp³-hybridized carbons (Fsp3) is 0.391. The van der Waals surface area contributed by atoms with E-state index in [1.54, 1.807) is 12.1 Å². The third-order valence-corrected chi connectivity index (χ3v) is 5.74. The van der Waals surface area contributed by atoms with E-state index in [1.807, 2.05) is 38.5 Å². The molecule has 0 aliphatic heterocycles. The molecule has 1 aromatic heterocycles. The third kappa shape index (κ3) is 4.36. The number of amides is 1. The summed E-state index contributed by atoms with van der Waals surface area (Å²) in [6.07, 6.45) is 0.920. The quantitative estimate of drug-likeness (QED) is 0.520. The molecule has 0 radical (unpaired) electrons. The number of fused-ring (bicyclic) bond motifs is 1. The molecular weight excluding hydrogens is 400 g/mol. The summed E-state index contributed by atoms with van der Waals surface area (Å²) >= 11 is 1.50. The maximum atomic E-state index is 13.1. The van der Waals surface area contributed by atoms with E-state index in [1.165, 1.54) is 16.9 Å². The van der Waals surface area contributed by atoms with Gasteiger partial charge in [0.1, 0.15) is 0 Å². The van der Waals surface area contributed by atoms with Crippen molar-refractivity contribution in [1.82, 2.24) is 4.57 Å². The lowest BCUT2D eigenvalue weighted by Gasteiger charge is -2.16. The molecule has 0 aliphatic rings. The van der Waals surface area contributed by atoms with Crippen molar-refractivity contribution >= 4 is 27.5 Å². The maximum Gasteiger partial charge on any atom is 0.279 e. The Labute approximate surface area is 180 Å². The average Bonchev–Trinajstić information content (AvgIpc) is 3.06. The van der Waals surface area contributed by atoms with Crippen molar-refractivity contribution in [2.24, 2.45) is 12.0 Å². The van der Waals surface area contributed by atoms with Gasteiger partial charge in [-0.05, 0) is 51.0 Å². The molecule has 0 unspecified atom stereocenters. The minimum Gasteiger partial charge on any atom is -0.490 e. The molecule has 0 N–H and O–H groups in total. The van der Waals surface area contributed by atoms with Gasteiger partial charge in [0.25, 0.3) is 5.91 Å². The number of carbonyl (C=O) groups excluding carboxylic acids is 1. The molecule has 0 bridgehead atoms. The van der Waals surface area contributed by atoms with Gasteiger partial charge >= 0.3 is 0 Å². The molecule has 0 saturated carbocycles. The van der Waals surface area contributed by atoms with Gasteiger partial charge < -0.3 is 18.8 Å². The molecule has 0 spiro atoms. The second-order valence-electron chi connectivity index (χ2n) is 6.58. The smallest absolute Gasteiger partial charge is 0.279 e. The Balaban J connectivity index is 2.11. The molecule has 2 aromatic carbocycles.